The predicted octanol–water partition coefficient (Wildman–Crippen LogP) is 1.50. The number of benzene rings is 1. The number of nitrogens with zero attached hydrogens (tertiary/aromatic N) is 1. The summed E-state index contributed by atoms with van der Waals surface area (Å²) >= 11 is 0. The van der Waals surface area contributed by atoms with E-state index in [1.54, 1.807) is 0 Å². The monoisotopic (exact) mass is 297 g/mol. The zero-order chi connectivity index (χ0) is 14.6. The molecule has 0 heterocycles. The van der Waals surface area contributed by atoms with Crippen LogP contribution in [0.5, 0.6) is 0 Å². The van der Waals surface area contributed by atoms with Gasteiger partial charge >= 0.3 is 0 Å². The zero-order valence-corrected chi connectivity index (χ0v) is 11.1. The molecule has 8 heteroatoms. The van der Waals surface area contributed by atoms with E-state index in [0.29, 0.717) is 12.1 Å². The largest absolute Gasteiger partial charge is 0.396 e. The molecule has 1 aromatic carbocycles. The number of sulfonamides is 1. The Morgan fingerprint density at radius 1 is 1.21 bits per heavy atom. The van der Waals surface area contributed by atoms with Crippen LogP contribution in [-0.4, -0.2) is 37.5 Å². The molecular formula is C11H14F3NO3S. The Morgan fingerprint density at radius 3 is 2.16 bits per heavy atom. The molecule has 0 saturated carbocycles. The van der Waals surface area contributed by atoms with Crippen molar-refractivity contribution in [2.75, 3.05) is 19.7 Å². The van der Waals surface area contributed by atoms with E-state index in [0.717, 1.165) is 4.31 Å². The third-order valence-corrected chi connectivity index (χ3v) is 4.51. The molecule has 0 amide bonds. The second kappa shape index (κ2) is 6.36. The Morgan fingerprint density at radius 2 is 1.74 bits per heavy atom. The molecule has 19 heavy (non-hydrogen) atoms. The quantitative estimate of drug-likeness (QED) is 0.865. The van der Waals surface area contributed by atoms with E-state index in [4.69, 9.17) is 5.11 Å². The number of hydrogen-bond acceptors (Lipinski definition) is 3. The highest BCUT2D eigenvalue weighted by molar-refractivity contribution is 7.89. The summed E-state index contributed by atoms with van der Waals surface area (Å²) < 4.78 is 64.7. The Hall–Kier alpha value is -1.12. The highest BCUT2D eigenvalue weighted by atomic mass is 32.2. The number of hydrogen-bond donors (Lipinski definition) is 1. The summed E-state index contributed by atoms with van der Waals surface area (Å²) in [4.78, 5) is -1.17. The summed E-state index contributed by atoms with van der Waals surface area (Å²) in [5, 5.41) is 8.67. The molecule has 0 fully saturated rings. The number of aliphatic hydroxyl groups excluding tert-OH is 1. The van der Waals surface area contributed by atoms with Gasteiger partial charge in [-0.05, 0) is 6.42 Å². The maximum Gasteiger partial charge on any atom is 0.248 e. The first-order chi connectivity index (χ1) is 8.84. The summed E-state index contributed by atoms with van der Waals surface area (Å²) in [7, 11) is -4.40. The first kappa shape index (κ1) is 15.9. The molecule has 0 aromatic heterocycles. The Bertz CT molecular complexity index is 525. The number of halogens is 3. The van der Waals surface area contributed by atoms with Crippen LogP contribution in [-0.2, 0) is 10.0 Å². The second-order valence-electron chi connectivity index (χ2n) is 3.77. The van der Waals surface area contributed by atoms with E-state index in [1.807, 2.05) is 0 Å². The minimum Gasteiger partial charge on any atom is -0.396 e. The van der Waals surface area contributed by atoms with Crippen LogP contribution in [0.25, 0.3) is 0 Å². The molecule has 0 radical (unpaired) electrons. The van der Waals surface area contributed by atoms with Crippen LogP contribution in [0.15, 0.2) is 17.0 Å². The van der Waals surface area contributed by atoms with Gasteiger partial charge in [0.05, 0.1) is 0 Å². The fourth-order valence-corrected chi connectivity index (χ4v) is 3.18. The van der Waals surface area contributed by atoms with Crippen LogP contribution in [0.2, 0.25) is 0 Å². The summed E-state index contributed by atoms with van der Waals surface area (Å²) in [6, 6.07) is 0.631. The van der Waals surface area contributed by atoms with Gasteiger partial charge in [-0.2, -0.15) is 4.31 Å². The summed E-state index contributed by atoms with van der Waals surface area (Å²) in [5.41, 5.74) is 0. The van der Waals surface area contributed by atoms with Crippen LogP contribution in [0, 0.1) is 17.5 Å². The average Bonchev–Trinajstić information content (AvgIpc) is 2.27. The standard InChI is InChI=1S/C11H14F3NO3S/c1-2-15(4-3-5-16)19(17,18)11-9(13)6-8(12)7-10(11)14/h6-7,16H,2-5H2,1H3. The third kappa shape index (κ3) is 3.46. The van der Waals surface area contributed by atoms with Crippen LogP contribution < -0.4 is 0 Å². The lowest BCUT2D eigenvalue weighted by Gasteiger charge is -2.20. The van der Waals surface area contributed by atoms with E-state index >= 15 is 0 Å². The van der Waals surface area contributed by atoms with Crippen LogP contribution in [0.4, 0.5) is 13.2 Å². The third-order valence-electron chi connectivity index (χ3n) is 2.48. The molecule has 4 nitrogen and oxygen atoms in total. The highest BCUT2D eigenvalue weighted by Gasteiger charge is 2.30. The molecule has 0 spiro atoms. The van der Waals surface area contributed by atoms with Gasteiger partial charge in [-0.3, -0.25) is 0 Å². The van der Waals surface area contributed by atoms with Crippen molar-refractivity contribution in [2.24, 2.45) is 0 Å². The Kier molecular flexibility index (Phi) is 5.33. The van der Waals surface area contributed by atoms with Crippen molar-refractivity contribution in [3.05, 3.63) is 29.6 Å². The van der Waals surface area contributed by atoms with Crippen molar-refractivity contribution in [3.8, 4) is 0 Å². The Labute approximate surface area is 109 Å². The van der Waals surface area contributed by atoms with Crippen LogP contribution in [0.1, 0.15) is 13.3 Å². The molecule has 1 rings (SSSR count). The van der Waals surface area contributed by atoms with Gasteiger partial charge in [0.25, 0.3) is 0 Å². The van der Waals surface area contributed by atoms with Gasteiger partial charge in [0, 0.05) is 31.8 Å². The first-order valence-corrected chi connectivity index (χ1v) is 7.04. The minimum absolute atomic E-state index is 0.0153. The molecule has 1 N–H and O–H groups in total. The SMILES string of the molecule is CCN(CCCO)S(=O)(=O)c1c(F)cc(F)cc1F. The minimum atomic E-state index is -4.40. The molecule has 0 aliphatic carbocycles. The highest BCUT2D eigenvalue weighted by Crippen LogP contribution is 2.23. The van der Waals surface area contributed by atoms with Crippen molar-refractivity contribution in [1.82, 2.24) is 4.31 Å². The fraction of sp³-hybridized carbons (Fsp3) is 0.455. The molecule has 0 aliphatic rings. The molecule has 108 valence electrons. The number of rotatable bonds is 6. The summed E-state index contributed by atoms with van der Waals surface area (Å²) in [6.07, 6.45) is 0.136. The van der Waals surface area contributed by atoms with E-state index < -0.39 is 32.4 Å². The second-order valence-corrected chi connectivity index (χ2v) is 5.65. The average molecular weight is 297 g/mol. The lowest BCUT2D eigenvalue weighted by atomic mass is 10.3. The normalized spacial score (nSPS) is 12.1. The fourth-order valence-electron chi connectivity index (χ4n) is 1.60. The lowest BCUT2D eigenvalue weighted by Crippen LogP contribution is -2.33. The molecule has 0 unspecified atom stereocenters. The molecule has 0 aliphatic heterocycles. The molecule has 1 aromatic rings. The predicted molar refractivity (Wildman–Crippen MR) is 62.5 cm³/mol. The van der Waals surface area contributed by atoms with Crippen molar-refractivity contribution >= 4 is 10.0 Å². The van der Waals surface area contributed by atoms with Gasteiger partial charge in [-0.25, -0.2) is 21.6 Å². The van der Waals surface area contributed by atoms with Crippen LogP contribution in [0.3, 0.4) is 0 Å². The van der Waals surface area contributed by atoms with Gasteiger partial charge in [0.1, 0.15) is 17.5 Å². The van der Waals surface area contributed by atoms with Gasteiger partial charge in [-0.1, -0.05) is 6.92 Å². The van der Waals surface area contributed by atoms with Gasteiger partial charge < -0.3 is 5.11 Å². The van der Waals surface area contributed by atoms with Crippen LogP contribution >= 0.6 is 0 Å². The van der Waals surface area contributed by atoms with Crippen molar-refractivity contribution in [1.29, 1.82) is 0 Å². The van der Waals surface area contributed by atoms with Gasteiger partial charge in [-0.15, -0.1) is 0 Å². The number of aliphatic hydroxyl groups is 1. The molecule has 0 atom stereocenters. The lowest BCUT2D eigenvalue weighted by molar-refractivity contribution is 0.270. The van der Waals surface area contributed by atoms with E-state index in [9.17, 15) is 21.6 Å². The van der Waals surface area contributed by atoms with E-state index in [2.05, 4.69) is 0 Å². The van der Waals surface area contributed by atoms with Gasteiger partial charge in [0.15, 0.2) is 4.90 Å². The summed E-state index contributed by atoms with van der Waals surface area (Å²) in [5.74, 6) is -4.13. The topological polar surface area (TPSA) is 57.6 Å². The Balaban J connectivity index is 3.26. The van der Waals surface area contributed by atoms with E-state index in [1.165, 1.54) is 6.92 Å². The summed E-state index contributed by atoms with van der Waals surface area (Å²) in [6.45, 7) is 1.15. The first-order valence-electron chi connectivity index (χ1n) is 5.60. The van der Waals surface area contributed by atoms with E-state index in [-0.39, 0.29) is 26.1 Å². The van der Waals surface area contributed by atoms with Crippen molar-refractivity contribution in [3.63, 3.8) is 0 Å². The maximum absolute atomic E-state index is 13.5. The van der Waals surface area contributed by atoms with Gasteiger partial charge in [0.2, 0.25) is 10.0 Å². The zero-order valence-electron chi connectivity index (χ0n) is 10.2. The molecule has 0 saturated heterocycles. The smallest absolute Gasteiger partial charge is 0.248 e. The van der Waals surface area contributed by atoms with Crippen molar-refractivity contribution in [2.45, 2.75) is 18.2 Å². The van der Waals surface area contributed by atoms with Crippen molar-refractivity contribution < 1.29 is 26.7 Å². The molecule has 0 bridgehead atoms. The molecular weight excluding hydrogens is 283 g/mol. The maximum atomic E-state index is 13.5.